The Morgan fingerprint density at radius 2 is 2.22 bits per heavy atom. The maximum Gasteiger partial charge on any atom is 0.233 e. The van der Waals surface area contributed by atoms with Gasteiger partial charge in [0.2, 0.25) is 11.8 Å². The number of rotatable bonds is 4. The van der Waals surface area contributed by atoms with Crippen molar-refractivity contribution < 1.29 is 9.59 Å². The minimum Gasteiger partial charge on any atom is -0.369 e. The molecule has 0 spiro atoms. The van der Waals surface area contributed by atoms with Gasteiger partial charge in [-0.1, -0.05) is 18.7 Å². The molecule has 8 heteroatoms. The fraction of sp³-hybridized carbons (Fsp3) is 0.579. The summed E-state index contributed by atoms with van der Waals surface area (Å²) in [7, 11) is 0. The Bertz CT molecular complexity index is 882. The predicted octanol–water partition coefficient (Wildman–Crippen LogP) is 2.63. The van der Waals surface area contributed by atoms with E-state index in [0.29, 0.717) is 24.8 Å². The monoisotopic (exact) mass is 404 g/mol. The Morgan fingerprint density at radius 1 is 1.37 bits per heavy atom. The minimum atomic E-state index is -0.309. The van der Waals surface area contributed by atoms with Crippen LogP contribution in [0.15, 0.2) is 11.4 Å². The van der Waals surface area contributed by atoms with Crippen LogP contribution in [0.4, 0.5) is 0 Å². The molecule has 6 nitrogen and oxygen atoms in total. The van der Waals surface area contributed by atoms with Crippen molar-refractivity contribution in [3.8, 4) is 0 Å². The molecular formula is C19H24N4O2S2. The van der Waals surface area contributed by atoms with Crippen LogP contribution in [0.1, 0.15) is 36.6 Å². The Balaban J connectivity index is 1.49. The van der Waals surface area contributed by atoms with Gasteiger partial charge >= 0.3 is 0 Å². The lowest BCUT2D eigenvalue weighted by molar-refractivity contribution is -0.132. The second-order valence-corrected chi connectivity index (χ2v) is 9.63. The van der Waals surface area contributed by atoms with Crippen molar-refractivity contribution in [2.75, 3.05) is 18.8 Å². The van der Waals surface area contributed by atoms with Gasteiger partial charge in [0.05, 0.1) is 11.7 Å². The Hall–Kier alpha value is -1.67. The van der Waals surface area contributed by atoms with Crippen LogP contribution in [0.3, 0.4) is 0 Å². The highest BCUT2D eigenvalue weighted by atomic mass is 32.2. The van der Waals surface area contributed by atoms with Crippen LogP contribution in [-0.2, 0) is 22.4 Å². The molecule has 0 radical (unpaired) electrons. The van der Waals surface area contributed by atoms with Gasteiger partial charge in [0.25, 0.3) is 0 Å². The van der Waals surface area contributed by atoms with E-state index in [0.717, 1.165) is 40.9 Å². The van der Waals surface area contributed by atoms with E-state index in [1.54, 1.807) is 22.6 Å². The van der Waals surface area contributed by atoms with Gasteiger partial charge in [0.1, 0.15) is 16.2 Å². The molecule has 0 aromatic carbocycles. The average Bonchev–Trinajstić information content (AvgIpc) is 3.04. The summed E-state index contributed by atoms with van der Waals surface area (Å²) >= 11 is 3.26. The van der Waals surface area contributed by atoms with Crippen LogP contribution in [0.2, 0.25) is 0 Å². The highest BCUT2D eigenvalue weighted by Crippen LogP contribution is 2.40. The summed E-state index contributed by atoms with van der Waals surface area (Å²) in [4.78, 5) is 37.3. The van der Waals surface area contributed by atoms with E-state index < -0.39 is 0 Å². The molecule has 3 heterocycles. The molecule has 1 fully saturated rings. The van der Waals surface area contributed by atoms with E-state index in [9.17, 15) is 9.59 Å². The summed E-state index contributed by atoms with van der Waals surface area (Å²) in [6, 6.07) is 0. The summed E-state index contributed by atoms with van der Waals surface area (Å²) in [5.74, 6) is 0.573. The molecule has 2 aromatic rings. The molecule has 2 aromatic heterocycles. The number of carbonyl (C=O) groups is 2. The number of likely N-dealkylation sites (tertiary alicyclic amines) is 1. The normalized spacial score (nSPS) is 22.6. The first-order valence-electron chi connectivity index (χ1n) is 9.48. The highest BCUT2D eigenvalue weighted by molar-refractivity contribution is 8.00. The molecule has 2 atom stereocenters. The third kappa shape index (κ3) is 3.82. The number of thioether (sulfide) groups is 1. The second kappa shape index (κ2) is 7.75. The topological polar surface area (TPSA) is 89.2 Å². The average molecular weight is 405 g/mol. The predicted molar refractivity (Wildman–Crippen MR) is 108 cm³/mol. The number of carbonyl (C=O) groups excluding carboxylic acids is 2. The number of primary amides is 1. The zero-order valence-electron chi connectivity index (χ0n) is 15.4. The van der Waals surface area contributed by atoms with E-state index in [4.69, 9.17) is 5.73 Å². The summed E-state index contributed by atoms with van der Waals surface area (Å²) in [5, 5.41) is 2.06. The molecule has 4 rings (SSSR count). The lowest BCUT2D eigenvalue weighted by atomic mass is 9.89. The SMILES string of the molecule is C[C@@H]1CCc2c(sc3ncnc(SCC(=O)N4CCC[C@@H](C(N)=O)C4)c23)C1. The van der Waals surface area contributed by atoms with Crippen LogP contribution in [0.5, 0.6) is 0 Å². The van der Waals surface area contributed by atoms with E-state index in [1.807, 2.05) is 0 Å². The van der Waals surface area contributed by atoms with Gasteiger partial charge in [-0.05, 0) is 43.6 Å². The summed E-state index contributed by atoms with van der Waals surface area (Å²) in [5.41, 5.74) is 6.81. The molecular weight excluding hydrogens is 380 g/mol. The summed E-state index contributed by atoms with van der Waals surface area (Å²) in [6.45, 7) is 3.44. The van der Waals surface area contributed by atoms with E-state index in [-0.39, 0.29) is 17.7 Å². The summed E-state index contributed by atoms with van der Waals surface area (Å²) < 4.78 is 0. The lowest BCUT2D eigenvalue weighted by Gasteiger charge is -2.31. The number of nitrogens with zero attached hydrogens (tertiary/aromatic N) is 3. The van der Waals surface area contributed by atoms with Gasteiger partial charge in [0, 0.05) is 23.4 Å². The standard InChI is InChI=1S/C19H24N4O2S2/c1-11-4-5-13-14(7-11)27-19-16(13)18(21-10-22-19)26-9-15(24)23-6-2-3-12(8-23)17(20)25/h10-12H,2-9H2,1H3,(H2,20,25)/t11-,12-/m1/s1. The van der Waals surface area contributed by atoms with Gasteiger partial charge in [-0.2, -0.15) is 0 Å². The van der Waals surface area contributed by atoms with Gasteiger partial charge in [-0.25, -0.2) is 9.97 Å². The van der Waals surface area contributed by atoms with Gasteiger partial charge < -0.3 is 10.6 Å². The molecule has 1 saturated heterocycles. The van der Waals surface area contributed by atoms with Crippen LogP contribution in [-0.4, -0.2) is 45.5 Å². The molecule has 0 saturated carbocycles. The van der Waals surface area contributed by atoms with Crippen molar-refractivity contribution in [3.05, 3.63) is 16.8 Å². The van der Waals surface area contributed by atoms with E-state index >= 15 is 0 Å². The number of hydrogen-bond acceptors (Lipinski definition) is 6. The third-order valence-corrected chi connectivity index (χ3v) is 7.70. The largest absolute Gasteiger partial charge is 0.369 e. The fourth-order valence-electron chi connectivity index (χ4n) is 4.01. The number of aryl methyl sites for hydroxylation is 1. The van der Waals surface area contributed by atoms with E-state index in [2.05, 4.69) is 16.9 Å². The first kappa shape index (κ1) is 18.7. The van der Waals surface area contributed by atoms with Crippen LogP contribution >= 0.6 is 23.1 Å². The Labute approximate surface area is 166 Å². The zero-order valence-corrected chi connectivity index (χ0v) is 17.1. The number of amides is 2. The van der Waals surface area contributed by atoms with Crippen LogP contribution in [0, 0.1) is 11.8 Å². The van der Waals surface area contributed by atoms with E-state index in [1.165, 1.54) is 28.6 Å². The van der Waals surface area contributed by atoms with Crippen LogP contribution < -0.4 is 5.73 Å². The maximum atomic E-state index is 12.7. The molecule has 2 amide bonds. The minimum absolute atomic E-state index is 0.0513. The van der Waals surface area contributed by atoms with Crippen molar-refractivity contribution in [3.63, 3.8) is 0 Å². The maximum absolute atomic E-state index is 12.7. The molecule has 0 bridgehead atoms. The number of fused-ring (bicyclic) bond motifs is 3. The second-order valence-electron chi connectivity index (χ2n) is 7.58. The van der Waals surface area contributed by atoms with Crippen LogP contribution in [0.25, 0.3) is 10.2 Å². The molecule has 1 aliphatic heterocycles. The molecule has 2 aliphatic rings. The molecule has 0 unspecified atom stereocenters. The lowest BCUT2D eigenvalue weighted by Crippen LogP contribution is -2.44. The smallest absolute Gasteiger partial charge is 0.233 e. The number of piperidine rings is 1. The number of thiophene rings is 1. The van der Waals surface area contributed by atoms with Gasteiger partial charge in [-0.3, -0.25) is 9.59 Å². The fourth-order valence-corrected chi connectivity index (χ4v) is 6.36. The van der Waals surface area contributed by atoms with Gasteiger partial charge in [-0.15, -0.1) is 11.3 Å². The van der Waals surface area contributed by atoms with Crippen molar-refractivity contribution in [2.45, 2.75) is 44.1 Å². The third-order valence-electron chi connectivity index (χ3n) is 5.57. The van der Waals surface area contributed by atoms with Crippen molar-refractivity contribution in [1.82, 2.24) is 14.9 Å². The number of nitrogens with two attached hydrogens (primary N) is 1. The Kier molecular flexibility index (Phi) is 5.36. The molecule has 1 aliphatic carbocycles. The first-order valence-corrected chi connectivity index (χ1v) is 11.3. The molecule has 27 heavy (non-hydrogen) atoms. The van der Waals surface area contributed by atoms with Gasteiger partial charge in [0.15, 0.2) is 0 Å². The van der Waals surface area contributed by atoms with Crippen molar-refractivity contribution >= 4 is 45.1 Å². The number of hydrogen-bond donors (Lipinski definition) is 1. The zero-order chi connectivity index (χ0) is 19.0. The van der Waals surface area contributed by atoms with Crippen molar-refractivity contribution in [1.29, 1.82) is 0 Å². The molecule has 2 N–H and O–H groups in total. The molecule has 144 valence electrons. The first-order chi connectivity index (χ1) is 13.0. The quantitative estimate of drug-likeness (QED) is 0.625. The Morgan fingerprint density at radius 3 is 3.04 bits per heavy atom. The summed E-state index contributed by atoms with van der Waals surface area (Å²) in [6.07, 6.45) is 6.58. The highest BCUT2D eigenvalue weighted by Gasteiger charge is 2.28. The number of aromatic nitrogens is 2. The van der Waals surface area contributed by atoms with Crippen molar-refractivity contribution in [2.24, 2.45) is 17.6 Å².